The first-order valence-electron chi connectivity index (χ1n) is 7.15. The Kier molecular flexibility index (Phi) is 4.30. The topological polar surface area (TPSA) is 0 Å². The minimum absolute atomic E-state index is 0. The highest BCUT2D eigenvalue weighted by molar-refractivity contribution is 5.42. The van der Waals surface area contributed by atoms with E-state index in [2.05, 4.69) is 39.0 Å². The van der Waals surface area contributed by atoms with Crippen molar-refractivity contribution in [2.75, 3.05) is 0 Å². The third kappa shape index (κ3) is 2.79. The van der Waals surface area contributed by atoms with Crippen molar-refractivity contribution in [3.8, 4) is 0 Å². The summed E-state index contributed by atoms with van der Waals surface area (Å²) in [5.41, 5.74) is 5.66. The van der Waals surface area contributed by atoms with Crippen LogP contribution in [0.2, 0.25) is 0 Å². The third-order valence-electron chi connectivity index (χ3n) is 4.47. The molecular formula is C18H30. The van der Waals surface area contributed by atoms with E-state index in [4.69, 9.17) is 0 Å². The van der Waals surface area contributed by atoms with Gasteiger partial charge in [0.25, 0.3) is 0 Å². The Morgan fingerprint density at radius 2 is 1.11 bits per heavy atom. The summed E-state index contributed by atoms with van der Waals surface area (Å²) in [6.45, 7) is 11.0. The minimum Gasteiger partial charge on any atom is -0.0776 e. The fourth-order valence-corrected chi connectivity index (χ4v) is 2.43. The number of hydrogen-bond acceptors (Lipinski definition) is 0. The van der Waals surface area contributed by atoms with Gasteiger partial charge < -0.3 is 0 Å². The molecule has 2 saturated carbocycles. The summed E-state index contributed by atoms with van der Waals surface area (Å²) in [6, 6.07) is 7.26. The van der Waals surface area contributed by atoms with Gasteiger partial charge in [-0.3, -0.25) is 0 Å². The molecule has 0 radical (unpaired) electrons. The second-order valence-electron chi connectivity index (χ2n) is 6.21. The molecule has 2 aliphatic carbocycles. The molecule has 0 heterocycles. The molecule has 0 saturated heterocycles. The smallest absolute Gasteiger partial charge is 0.00744 e. The monoisotopic (exact) mass is 246 g/mol. The molecule has 102 valence electrons. The van der Waals surface area contributed by atoms with E-state index < -0.39 is 0 Å². The highest BCUT2D eigenvalue weighted by Crippen LogP contribution is 2.52. The molecule has 1 aromatic rings. The van der Waals surface area contributed by atoms with E-state index in [-0.39, 0.29) is 7.43 Å². The summed E-state index contributed by atoms with van der Waals surface area (Å²) in [4.78, 5) is 0. The standard InChI is InChI=1S/C15H20.C2H6.CH4/c1-11-8-12(14(2)4-5-14)10-13(9-11)15(3)6-7-15;1-2;/h8-10H,4-7H2,1-3H3;1-2H3;1H4. The van der Waals surface area contributed by atoms with Crippen molar-refractivity contribution < 1.29 is 0 Å². The van der Waals surface area contributed by atoms with Crippen LogP contribution in [0.25, 0.3) is 0 Å². The van der Waals surface area contributed by atoms with Crippen LogP contribution in [0.5, 0.6) is 0 Å². The fraction of sp³-hybridized carbons (Fsp3) is 0.667. The quantitative estimate of drug-likeness (QED) is 0.622. The van der Waals surface area contributed by atoms with E-state index in [1.807, 2.05) is 13.8 Å². The molecule has 0 aliphatic heterocycles. The van der Waals surface area contributed by atoms with Gasteiger partial charge >= 0.3 is 0 Å². The zero-order valence-electron chi connectivity index (χ0n) is 12.1. The Labute approximate surface area is 114 Å². The minimum atomic E-state index is 0. The zero-order chi connectivity index (χ0) is 12.7. The summed E-state index contributed by atoms with van der Waals surface area (Å²) in [5, 5.41) is 0. The first-order valence-corrected chi connectivity index (χ1v) is 7.15. The van der Waals surface area contributed by atoms with Gasteiger partial charge in [0.1, 0.15) is 0 Å². The first-order chi connectivity index (χ1) is 8.02. The molecule has 0 spiro atoms. The summed E-state index contributed by atoms with van der Waals surface area (Å²) in [7, 11) is 0. The normalized spacial score (nSPS) is 21.2. The van der Waals surface area contributed by atoms with Crippen LogP contribution in [0.3, 0.4) is 0 Å². The van der Waals surface area contributed by atoms with E-state index in [1.165, 1.54) is 31.2 Å². The Balaban J connectivity index is 0.000000516. The summed E-state index contributed by atoms with van der Waals surface area (Å²) >= 11 is 0. The van der Waals surface area contributed by atoms with Crippen LogP contribution in [0, 0.1) is 6.92 Å². The number of aryl methyl sites for hydroxylation is 1. The Morgan fingerprint density at radius 3 is 1.39 bits per heavy atom. The lowest BCUT2D eigenvalue weighted by molar-refractivity contribution is 0.754. The molecule has 0 bridgehead atoms. The molecule has 18 heavy (non-hydrogen) atoms. The van der Waals surface area contributed by atoms with Crippen molar-refractivity contribution in [2.24, 2.45) is 0 Å². The molecule has 2 fully saturated rings. The Morgan fingerprint density at radius 1 is 0.778 bits per heavy atom. The first kappa shape index (κ1) is 15.3. The highest BCUT2D eigenvalue weighted by atomic mass is 14.5. The molecule has 3 rings (SSSR count). The van der Waals surface area contributed by atoms with Crippen LogP contribution in [0.15, 0.2) is 18.2 Å². The van der Waals surface area contributed by atoms with Gasteiger partial charge in [-0.15, -0.1) is 0 Å². The molecule has 0 aromatic heterocycles. The molecule has 0 amide bonds. The maximum Gasteiger partial charge on any atom is -0.00744 e. The average molecular weight is 246 g/mol. The van der Waals surface area contributed by atoms with Crippen LogP contribution in [-0.4, -0.2) is 0 Å². The number of rotatable bonds is 2. The van der Waals surface area contributed by atoms with Gasteiger partial charge in [0.2, 0.25) is 0 Å². The van der Waals surface area contributed by atoms with Crippen LogP contribution >= 0.6 is 0 Å². The maximum absolute atomic E-state index is 2.48. The summed E-state index contributed by atoms with van der Waals surface area (Å²) < 4.78 is 0. The lowest BCUT2D eigenvalue weighted by Gasteiger charge is -2.16. The molecule has 0 atom stereocenters. The maximum atomic E-state index is 2.48. The largest absolute Gasteiger partial charge is 0.0776 e. The predicted molar refractivity (Wildman–Crippen MR) is 82.4 cm³/mol. The second kappa shape index (κ2) is 5.07. The van der Waals surface area contributed by atoms with E-state index >= 15 is 0 Å². The van der Waals surface area contributed by atoms with Gasteiger partial charge in [-0.25, -0.2) is 0 Å². The van der Waals surface area contributed by atoms with Gasteiger partial charge in [0, 0.05) is 0 Å². The van der Waals surface area contributed by atoms with Crippen molar-refractivity contribution in [3.05, 3.63) is 34.9 Å². The van der Waals surface area contributed by atoms with Gasteiger partial charge in [0.05, 0.1) is 0 Å². The van der Waals surface area contributed by atoms with Gasteiger partial charge in [-0.1, -0.05) is 58.9 Å². The molecule has 0 unspecified atom stereocenters. The van der Waals surface area contributed by atoms with Crippen LogP contribution in [-0.2, 0) is 10.8 Å². The van der Waals surface area contributed by atoms with Crippen molar-refractivity contribution in [3.63, 3.8) is 0 Å². The highest BCUT2D eigenvalue weighted by Gasteiger charge is 2.42. The van der Waals surface area contributed by atoms with E-state index in [0.29, 0.717) is 10.8 Å². The van der Waals surface area contributed by atoms with Gasteiger partial charge in [-0.05, 0) is 54.6 Å². The second-order valence-corrected chi connectivity index (χ2v) is 6.21. The third-order valence-corrected chi connectivity index (χ3v) is 4.47. The van der Waals surface area contributed by atoms with Crippen molar-refractivity contribution in [1.82, 2.24) is 0 Å². The van der Waals surface area contributed by atoms with Crippen LogP contribution < -0.4 is 0 Å². The SMILES string of the molecule is C.CC.Cc1cc(C2(C)CC2)cc(C2(C)CC2)c1. The van der Waals surface area contributed by atoms with Crippen LogP contribution in [0.4, 0.5) is 0 Å². The Bertz CT molecular complexity index is 370. The zero-order valence-corrected chi connectivity index (χ0v) is 12.1. The van der Waals surface area contributed by atoms with E-state index in [0.717, 1.165) is 0 Å². The Hall–Kier alpha value is -0.780. The predicted octanol–water partition coefficient (Wildman–Crippen LogP) is 5.76. The molecule has 0 N–H and O–H groups in total. The number of hydrogen-bond donors (Lipinski definition) is 0. The average Bonchev–Trinajstić information content (AvgIpc) is 3.22. The lowest BCUT2D eigenvalue weighted by Crippen LogP contribution is -2.06. The van der Waals surface area contributed by atoms with Gasteiger partial charge in [-0.2, -0.15) is 0 Å². The molecule has 0 nitrogen and oxygen atoms in total. The molecule has 0 heteroatoms. The van der Waals surface area contributed by atoms with Crippen molar-refractivity contribution >= 4 is 0 Å². The lowest BCUT2D eigenvalue weighted by atomic mass is 9.89. The van der Waals surface area contributed by atoms with Crippen molar-refractivity contribution in [2.45, 2.75) is 78.6 Å². The van der Waals surface area contributed by atoms with Crippen LogP contribution in [0.1, 0.15) is 77.5 Å². The fourth-order valence-electron chi connectivity index (χ4n) is 2.43. The van der Waals surface area contributed by atoms with E-state index in [1.54, 1.807) is 11.1 Å². The molecular weight excluding hydrogens is 216 g/mol. The molecule has 2 aliphatic rings. The summed E-state index contributed by atoms with van der Waals surface area (Å²) in [5.74, 6) is 0. The molecule has 1 aromatic carbocycles. The number of benzene rings is 1. The van der Waals surface area contributed by atoms with Gasteiger partial charge in [0.15, 0.2) is 0 Å². The van der Waals surface area contributed by atoms with E-state index in [9.17, 15) is 0 Å². The summed E-state index contributed by atoms with van der Waals surface area (Å²) in [6.07, 6.45) is 5.53. The van der Waals surface area contributed by atoms with Crippen molar-refractivity contribution in [1.29, 1.82) is 0 Å².